The van der Waals surface area contributed by atoms with E-state index in [-0.39, 0.29) is 28.0 Å². The van der Waals surface area contributed by atoms with Gasteiger partial charge in [-0.15, -0.1) is 0 Å². The number of hydrogen-bond donors (Lipinski definition) is 2. The molecule has 1 aromatic rings. The molecular formula is C14H18Cl2N2O2. The lowest BCUT2D eigenvalue weighted by Gasteiger charge is -2.33. The predicted octanol–water partition coefficient (Wildman–Crippen LogP) is 2.81. The molecule has 0 spiro atoms. The van der Waals surface area contributed by atoms with Crippen molar-refractivity contribution in [3.8, 4) is 0 Å². The number of halogens is 2. The quantitative estimate of drug-likeness (QED) is 0.824. The number of anilines is 1. The third kappa shape index (κ3) is 3.19. The number of nitrogens with two attached hydrogens (primary N) is 1. The molecule has 2 rings (SSSR count). The summed E-state index contributed by atoms with van der Waals surface area (Å²) in [4.78, 5) is 14.2. The largest absolute Gasteiger partial charge is 0.397 e. The molecule has 3 N–H and O–H groups in total. The number of aliphatic hydroxyl groups is 1. The molecule has 1 aromatic carbocycles. The number of rotatable bonds is 2. The lowest BCUT2D eigenvalue weighted by molar-refractivity contribution is 0.0521. The van der Waals surface area contributed by atoms with Gasteiger partial charge in [0.15, 0.2) is 0 Å². The Labute approximate surface area is 128 Å². The van der Waals surface area contributed by atoms with Crippen LogP contribution < -0.4 is 5.73 Å². The van der Waals surface area contributed by atoms with Crippen LogP contribution in [0.25, 0.3) is 0 Å². The first-order chi connectivity index (χ1) is 9.40. The molecule has 0 saturated carbocycles. The molecule has 1 fully saturated rings. The lowest BCUT2D eigenvalue weighted by Crippen LogP contribution is -2.40. The number of carbonyl (C=O) groups is 1. The van der Waals surface area contributed by atoms with Crippen molar-refractivity contribution in [2.45, 2.75) is 25.9 Å². The summed E-state index contributed by atoms with van der Waals surface area (Å²) >= 11 is 11.8. The van der Waals surface area contributed by atoms with E-state index < -0.39 is 0 Å². The first-order valence-electron chi connectivity index (χ1n) is 6.62. The smallest absolute Gasteiger partial charge is 0.253 e. The maximum Gasteiger partial charge on any atom is 0.253 e. The standard InChI is InChI=1S/C14H18Cl2N2O2/c1-8(19)9-2-4-18(5-3-9)14(20)10-6-11(15)13(16)12(17)7-10/h6-9,19H,2-5,17H2,1H3. The molecule has 0 aliphatic carbocycles. The number of nitrogens with zero attached hydrogens (tertiary/aromatic N) is 1. The predicted molar refractivity (Wildman–Crippen MR) is 81.2 cm³/mol. The second-order valence-electron chi connectivity index (χ2n) is 5.23. The molecule has 1 amide bonds. The molecule has 1 atom stereocenters. The highest BCUT2D eigenvalue weighted by Crippen LogP contribution is 2.30. The van der Waals surface area contributed by atoms with Gasteiger partial charge < -0.3 is 15.7 Å². The number of piperidine rings is 1. The Morgan fingerprint density at radius 1 is 1.40 bits per heavy atom. The van der Waals surface area contributed by atoms with E-state index in [0.717, 1.165) is 12.8 Å². The molecule has 110 valence electrons. The van der Waals surface area contributed by atoms with Crippen molar-refractivity contribution in [1.29, 1.82) is 0 Å². The van der Waals surface area contributed by atoms with Crippen LogP contribution in [0.4, 0.5) is 5.69 Å². The van der Waals surface area contributed by atoms with Crippen LogP contribution in [0.15, 0.2) is 12.1 Å². The summed E-state index contributed by atoms with van der Waals surface area (Å²) in [6.07, 6.45) is 1.29. The van der Waals surface area contributed by atoms with Crippen molar-refractivity contribution in [1.82, 2.24) is 4.90 Å². The molecule has 0 aromatic heterocycles. The summed E-state index contributed by atoms with van der Waals surface area (Å²) in [5, 5.41) is 10.1. The number of nitrogen functional groups attached to an aromatic ring is 1. The highest BCUT2D eigenvalue weighted by Gasteiger charge is 2.26. The van der Waals surface area contributed by atoms with Crippen LogP contribution in [-0.4, -0.2) is 35.1 Å². The number of aliphatic hydroxyl groups excluding tert-OH is 1. The Hall–Kier alpha value is -0.970. The summed E-state index contributed by atoms with van der Waals surface area (Å²) in [6.45, 7) is 3.06. The van der Waals surface area contributed by atoms with Gasteiger partial charge in [0.25, 0.3) is 5.91 Å². The van der Waals surface area contributed by atoms with Gasteiger partial charge in [0, 0.05) is 18.7 Å². The van der Waals surface area contributed by atoms with Crippen LogP contribution in [0, 0.1) is 5.92 Å². The van der Waals surface area contributed by atoms with Crippen LogP contribution in [-0.2, 0) is 0 Å². The summed E-state index contributed by atoms with van der Waals surface area (Å²) in [6, 6.07) is 3.10. The average molecular weight is 317 g/mol. The number of carbonyl (C=O) groups excluding carboxylic acids is 1. The highest BCUT2D eigenvalue weighted by atomic mass is 35.5. The molecule has 0 radical (unpaired) electrons. The van der Waals surface area contributed by atoms with Crippen molar-refractivity contribution in [2.75, 3.05) is 18.8 Å². The van der Waals surface area contributed by atoms with E-state index in [1.165, 1.54) is 0 Å². The van der Waals surface area contributed by atoms with Gasteiger partial charge in [-0.25, -0.2) is 0 Å². The van der Waals surface area contributed by atoms with Gasteiger partial charge in [-0.1, -0.05) is 23.2 Å². The van der Waals surface area contributed by atoms with Gasteiger partial charge in [-0.2, -0.15) is 0 Å². The van der Waals surface area contributed by atoms with E-state index in [4.69, 9.17) is 28.9 Å². The van der Waals surface area contributed by atoms with E-state index in [1.54, 1.807) is 24.0 Å². The normalized spacial score (nSPS) is 18.1. The number of hydrogen-bond acceptors (Lipinski definition) is 3. The van der Waals surface area contributed by atoms with E-state index in [0.29, 0.717) is 24.3 Å². The third-order valence-corrected chi connectivity index (χ3v) is 4.63. The minimum Gasteiger partial charge on any atom is -0.397 e. The first-order valence-corrected chi connectivity index (χ1v) is 7.37. The van der Waals surface area contributed by atoms with E-state index in [2.05, 4.69) is 0 Å². The van der Waals surface area contributed by atoms with Gasteiger partial charge in [0.1, 0.15) is 0 Å². The monoisotopic (exact) mass is 316 g/mol. The fourth-order valence-corrected chi connectivity index (χ4v) is 2.84. The Bertz CT molecular complexity index is 489. The van der Waals surface area contributed by atoms with Crippen molar-refractivity contribution >= 4 is 34.8 Å². The van der Waals surface area contributed by atoms with Crippen molar-refractivity contribution in [2.24, 2.45) is 5.92 Å². The maximum absolute atomic E-state index is 12.4. The molecule has 1 unspecified atom stereocenters. The van der Waals surface area contributed by atoms with Gasteiger partial charge >= 0.3 is 0 Å². The van der Waals surface area contributed by atoms with Crippen molar-refractivity contribution < 1.29 is 9.90 Å². The summed E-state index contributed by atoms with van der Waals surface area (Å²) in [7, 11) is 0. The SMILES string of the molecule is CC(O)C1CCN(C(=O)c2cc(N)c(Cl)c(Cl)c2)CC1. The lowest BCUT2D eigenvalue weighted by atomic mass is 9.92. The van der Waals surface area contributed by atoms with Gasteiger partial charge in [-0.3, -0.25) is 4.79 Å². The van der Waals surface area contributed by atoms with Crippen molar-refractivity contribution in [3.63, 3.8) is 0 Å². The maximum atomic E-state index is 12.4. The Balaban J connectivity index is 2.09. The molecule has 1 aliphatic rings. The van der Waals surface area contributed by atoms with Crippen LogP contribution >= 0.6 is 23.2 Å². The molecule has 1 aliphatic heterocycles. The Kier molecular flexibility index (Phi) is 4.78. The second-order valence-corrected chi connectivity index (χ2v) is 6.02. The molecule has 0 bridgehead atoms. The minimum atomic E-state index is -0.326. The zero-order valence-electron chi connectivity index (χ0n) is 11.3. The van der Waals surface area contributed by atoms with Gasteiger partial charge in [0.2, 0.25) is 0 Å². The zero-order chi connectivity index (χ0) is 14.9. The zero-order valence-corrected chi connectivity index (χ0v) is 12.8. The summed E-state index contributed by atoms with van der Waals surface area (Å²) in [5.41, 5.74) is 6.49. The van der Waals surface area contributed by atoms with Crippen molar-refractivity contribution in [3.05, 3.63) is 27.7 Å². The van der Waals surface area contributed by atoms with E-state index in [1.807, 2.05) is 0 Å². The summed E-state index contributed by atoms with van der Waals surface area (Å²) in [5.74, 6) is 0.164. The Morgan fingerprint density at radius 2 is 2.00 bits per heavy atom. The third-order valence-electron chi connectivity index (χ3n) is 3.81. The van der Waals surface area contributed by atoms with Crippen LogP contribution in [0.5, 0.6) is 0 Å². The van der Waals surface area contributed by atoms with Crippen LogP contribution in [0.1, 0.15) is 30.1 Å². The van der Waals surface area contributed by atoms with E-state index >= 15 is 0 Å². The van der Waals surface area contributed by atoms with Crippen LogP contribution in [0.2, 0.25) is 10.0 Å². The number of benzene rings is 1. The first kappa shape index (κ1) is 15.4. The van der Waals surface area contributed by atoms with Crippen LogP contribution in [0.3, 0.4) is 0 Å². The fraction of sp³-hybridized carbons (Fsp3) is 0.500. The molecule has 20 heavy (non-hydrogen) atoms. The second kappa shape index (κ2) is 6.20. The Morgan fingerprint density at radius 3 is 2.50 bits per heavy atom. The average Bonchev–Trinajstić information content (AvgIpc) is 2.43. The minimum absolute atomic E-state index is 0.0979. The fourth-order valence-electron chi connectivity index (χ4n) is 2.50. The molecule has 4 nitrogen and oxygen atoms in total. The number of amides is 1. The number of likely N-dealkylation sites (tertiary alicyclic amines) is 1. The summed E-state index contributed by atoms with van der Waals surface area (Å²) < 4.78 is 0. The van der Waals surface area contributed by atoms with Gasteiger partial charge in [0.05, 0.1) is 21.8 Å². The molecule has 6 heteroatoms. The molecular weight excluding hydrogens is 299 g/mol. The van der Waals surface area contributed by atoms with Gasteiger partial charge in [-0.05, 0) is 37.8 Å². The van der Waals surface area contributed by atoms with E-state index in [9.17, 15) is 9.90 Å². The topological polar surface area (TPSA) is 66.6 Å². The highest BCUT2D eigenvalue weighted by molar-refractivity contribution is 6.43. The molecule has 1 saturated heterocycles. The molecule has 1 heterocycles.